The highest BCUT2D eigenvalue weighted by Crippen LogP contribution is 2.08. The predicted molar refractivity (Wildman–Crippen MR) is 66.8 cm³/mol. The molecule has 2 heterocycles. The Morgan fingerprint density at radius 1 is 1.67 bits per heavy atom. The van der Waals surface area contributed by atoms with Crippen LogP contribution in [-0.4, -0.2) is 57.8 Å². The third kappa shape index (κ3) is 2.85. The van der Waals surface area contributed by atoms with E-state index in [9.17, 15) is 4.79 Å². The summed E-state index contributed by atoms with van der Waals surface area (Å²) in [4.78, 5) is 14.1. The van der Waals surface area contributed by atoms with Gasteiger partial charge in [-0.15, -0.1) is 10.2 Å². The molecule has 0 bridgehead atoms. The van der Waals surface area contributed by atoms with Gasteiger partial charge in [-0.2, -0.15) is 0 Å². The van der Waals surface area contributed by atoms with Gasteiger partial charge < -0.3 is 15.2 Å². The Morgan fingerprint density at radius 2 is 2.50 bits per heavy atom. The quantitative estimate of drug-likeness (QED) is 0.698. The van der Waals surface area contributed by atoms with Crippen molar-refractivity contribution in [3.05, 3.63) is 12.2 Å². The number of nitrogens with zero attached hydrogens (tertiary/aromatic N) is 4. The molecule has 7 heteroatoms. The van der Waals surface area contributed by atoms with E-state index in [0.717, 1.165) is 18.9 Å². The molecule has 0 aliphatic carbocycles. The van der Waals surface area contributed by atoms with Gasteiger partial charge in [0.2, 0.25) is 5.91 Å². The van der Waals surface area contributed by atoms with Crippen LogP contribution in [0.4, 0.5) is 0 Å². The summed E-state index contributed by atoms with van der Waals surface area (Å²) in [6.07, 6.45) is 1.68. The van der Waals surface area contributed by atoms with E-state index in [1.807, 2.05) is 18.5 Å². The topological polar surface area (TPSA) is 75.1 Å². The number of rotatable bonds is 4. The maximum absolute atomic E-state index is 12.0. The summed E-state index contributed by atoms with van der Waals surface area (Å²) in [6, 6.07) is -0.129. The molecule has 1 atom stereocenters. The number of aryl methyl sites for hydroxylation is 1. The van der Waals surface area contributed by atoms with Crippen LogP contribution in [0.5, 0.6) is 0 Å². The molecule has 1 unspecified atom stereocenters. The van der Waals surface area contributed by atoms with Crippen LogP contribution >= 0.6 is 0 Å². The average Bonchev–Trinajstić information content (AvgIpc) is 2.76. The van der Waals surface area contributed by atoms with Crippen LogP contribution < -0.4 is 10.6 Å². The van der Waals surface area contributed by atoms with Gasteiger partial charge in [0.15, 0.2) is 0 Å². The SMILES string of the molecule is CCNC(=O)C1CNCCN1Cc1nncn1C. The van der Waals surface area contributed by atoms with Gasteiger partial charge in [-0.25, -0.2) is 0 Å². The van der Waals surface area contributed by atoms with Crippen LogP contribution in [0.15, 0.2) is 6.33 Å². The van der Waals surface area contributed by atoms with Gasteiger partial charge in [0.05, 0.1) is 6.54 Å². The fraction of sp³-hybridized carbons (Fsp3) is 0.727. The Kier molecular flexibility index (Phi) is 4.27. The standard InChI is InChI=1S/C11H20N6O/c1-3-13-11(18)9-6-12-4-5-17(9)7-10-15-14-8-16(10)2/h8-9,12H,3-7H2,1-2H3,(H,13,18). The highest BCUT2D eigenvalue weighted by atomic mass is 16.2. The lowest BCUT2D eigenvalue weighted by Crippen LogP contribution is -2.57. The first-order chi connectivity index (χ1) is 8.72. The second-order valence-electron chi connectivity index (χ2n) is 4.44. The molecule has 1 aliphatic heterocycles. The zero-order chi connectivity index (χ0) is 13.0. The molecule has 1 amide bonds. The monoisotopic (exact) mass is 252 g/mol. The van der Waals surface area contributed by atoms with E-state index in [2.05, 4.69) is 25.7 Å². The average molecular weight is 252 g/mol. The second-order valence-corrected chi connectivity index (χ2v) is 4.44. The van der Waals surface area contributed by atoms with Gasteiger partial charge in [-0.1, -0.05) is 0 Å². The van der Waals surface area contributed by atoms with E-state index in [1.54, 1.807) is 6.33 Å². The number of likely N-dealkylation sites (N-methyl/N-ethyl adjacent to an activating group) is 1. The summed E-state index contributed by atoms with van der Waals surface area (Å²) in [7, 11) is 1.92. The Hall–Kier alpha value is -1.47. The summed E-state index contributed by atoms with van der Waals surface area (Å²) in [5, 5.41) is 14.1. The Morgan fingerprint density at radius 3 is 3.17 bits per heavy atom. The minimum atomic E-state index is -0.129. The summed E-state index contributed by atoms with van der Waals surface area (Å²) in [5.74, 6) is 0.957. The maximum Gasteiger partial charge on any atom is 0.238 e. The van der Waals surface area contributed by atoms with Crippen molar-refractivity contribution < 1.29 is 4.79 Å². The Balaban J connectivity index is 2.04. The number of amides is 1. The van der Waals surface area contributed by atoms with E-state index in [1.165, 1.54) is 0 Å². The van der Waals surface area contributed by atoms with Crippen LogP contribution in [-0.2, 0) is 18.4 Å². The molecule has 2 rings (SSSR count). The molecule has 0 aromatic carbocycles. The molecule has 1 saturated heterocycles. The highest BCUT2D eigenvalue weighted by molar-refractivity contribution is 5.82. The highest BCUT2D eigenvalue weighted by Gasteiger charge is 2.28. The lowest BCUT2D eigenvalue weighted by Gasteiger charge is -2.34. The summed E-state index contributed by atoms with van der Waals surface area (Å²) < 4.78 is 1.89. The van der Waals surface area contributed by atoms with E-state index >= 15 is 0 Å². The number of piperazine rings is 1. The largest absolute Gasteiger partial charge is 0.355 e. The number of aromatic nitrogens is 3. The Labute approximate surface area is 107 Å². The van der Waals surface area contributed by atoms with Crippen LogP contribution in [0.2, 0.25) is 0 Å². The van der Waals surface area contributed by atoms with Crippen LogP contribution in [0, 0.1) is 0 Å². The van der Waals surface area contributed by atoms with Crippen molar-refractivity contribution in [2.75, 3.05) is 26.2 Å². The zero-order valence-corrected chi connectivity index (χ0v) is 10.9. The molecule has 0 spiro atoms. The maximum atomic E-state index is 12.0. The first kappa shape index (κ1) is 13.0. The van der Waals surface area contributed by atoms with E-state index in [4.69, 9.17) is 0 Å². The lowest BCUT2D eigenvalue weighted by molar-refractivity contribution is -0.127. The molecule has 1 fully saturated rings. The minimum Gasteiger partial charge on any atom is -0.355 e. The predicted octanol–water partition coefficient (Wildman–Crippen LogP) is -1.27. The molecule has 1 aliphatic rings. The molecule has 1 aromatic rings. The molecule has 18 heavy (non-hydrogen) atoms. The molecular formula is C11H20N6O. The smallest absolute Gasteiger partial charge is 0.238 e. The summed E-state index contributed by atoms with van der Waals surface area (Å²) in [6.45, 7) is 5.67. The summed E-state index contributed by atoms with van der Waals surface area (Å²) >= 11 is 0. The third-order valence-electron chi connectivity index (χ3n) is 3.16. The first-order valence-electron chi connectivity index (χ1n) is 6.27. The molecular weight excluding hydrogens is 232 g/mol. The first-order valence-corrected chi connectivity index (χ1v) is 6.27. The van der Waals surface area contributed by atoms with E-state index in [0.29, 0.717) is 19.6 Å². The molecule has 0 saturated carbocycles. The second kappa shape index (κ2) is 5.92. The normalized spacial score (nSPS) is 20.9. The lowest BCUT2D eigenvalue weighted by atomic mass is 10.1. The molecule has 1 aromatic heterocycles. The van der Waals surface area contributed by atoms with Gasteiger partial charge in [0.1, 0.15) is 18.2 Å². The van der Waals surface area contributed by atoms with Crippen molar-refractivity contribution in [1.29, 1.82) is 0 Å². The number of hydrogen-bond acceptors (Lipinski definition) is 5. The van der Waals surface area contributed by atoms with Crippen molar-refractivity contribution in [2.24, 2.45) is 7.05 Å². The number of carbonyl (C=O) groups is 1. The van der Waals surface area contributed by atoms with Crippen molar-refractivity contribution in [3.63, 3.8) is 0 Å². The number of nitrogens with one attached hydrogen (secondary N) is 2. The van der Waals surface area contributed by atoms with E-state index in [-0.39, 0.29) is 11.9 Å². The fourth-order valence-electron chi connectivity index (χ4n) is 2.12. The van der Waals surface area contributed by atoms with Crippen molar-refractivity contribution >= 4 is 5.91 Å². The molecule has 0 radical (unpaired) electrons. The van der Waals surface area contributed by atoms with Crippen molar-refractivity contribution in [3.8, 4) is 0 Å². The summed E-state index contributed by atoms with van der Waals surface area (Å²) in [5.41, 5.74) is 0. The number of carbonyl (C=O) groups excluding carboxylic acids is 1. The van der Waals surface area contributed by atoms with Gasteiger partial charge >= 0.3 is 0 Å². The minimum absolute atomic E-state index is 0.0758. The van der Waals surface area contributed by atoms with Crippen molar-refractivity contribution in [2.45, 2.75) is 19.5 Å². The molecule has 2 N–H and O–H groups in total. The van der Waals surface area contributed by atoms with Gasteiger partial charge in [-0.05, 0) is 6.92 Å². The van der Waals surface area contributed by atoms with Gasteiger partial charge in [-0.3, -0.25) is 9.69 Å². The molecule has 100 valence electrons. The molecule has 7 nitrogen and oxygen atoms in total. The van der Waals surface area contributed by atoms with Gasteiger partial charge in [0, 0.05) is 33.2 Å². The van der Waals surface area contributed by atoms with E-state index < -0.39 is 0 Å². The zero-order valence-electron chi connectivity index (χ0n) is 10.9. The van der Waals surface area contributed by atoms with Crippen LogP contribution in [0.25, 0.3) is 0 Å². The van der Waals surface area contributed by atoms with Crippen LogP contribution in [0.3, 0.4) is 0 Å². The third-order valence-corrected chi connectivity index (χ3v) is 3.16. The van der Waals surface area contributed by atoms with Crippen LogP contribution in [0.1, 0.15) is 12.7 Å². The fourth-order valence-corrected chi connectivity index (χ4v) is 2.12. The van der Waals surface area contributed by atoms with Gasteiger partial charge in [0.25, 0.3) is 0 Å². The number of hydrogen-bond donors (Lipinski definition) is 2. The van der Waals surface area contributed by atoms with Crippen molar-refractivity contribution in [1.82, 2.24) is 30.3 Å². The Bertz CT molecular complexity index is 404.